The topological polar surface area (TPSA) is 68.2 Å². The molecule has 150 valence electrons. The number of hydrogen-bond acceptors (Lipinski definition) is 3. The molecule has 2 fully saturated rings. The fourth-order valence-corrected chi connectivity index (χ4v) is 3.44. The second-order valence-corrected chi connectivity index (χ2v) is 7.34. The number of carbonyl (C=O) groups excluding carboxylic acids is 2. The van der Waals surface area contributed by atoms with Gasteiger partial charge in [0.2, 0.25) is 11.8 Å². The standard InChI is InChI=1S/C18H33N5O2.HI/c1-5-22-10-11-23(13-17(22)25)18(19-12-16(24)21(3)4)20-15-9-7-6-8-14(15)2;/h14-15H,5-13H2,1-4H3,(H,19,20);1H. The predicted octanol–water partition coefficient (Wildman–Crippen LogP) is 1.38. The Morgan fingerprint density at radius 3 is 2.54 bits per heavy atom. The average Bonchev–Trinajstić information content (AvgIpc) is 2.59. The van der Waals surface area contributed by atoms with E-state index in [-0.39, 0.29) is 42.3 Å². The molecule has 0 spiro atoms. The molecule has 1 saturated carbocycles. The fourth-order valence-electron chi connectivity index (χ4n) is 3.44. The number of amides is 2. The molecule has 1 aliphatic heterocycles. The first-order chi connectivity index (χ1) is 11.9. The molecule has 1 saturated heterocycles. The third-order valence-corrected chi connectivity index (χ3v) is 5.29. The van der Waals surface area contributed by atoms with E-state index in [2.05, 4.69) is 17.2 Å². The quantitative estimate of drug-likeness (QED) is 0.376. The summed E-state index contributed by atoms with van der Waals surface area (Å²) in [5, 5.41) is 3.56. The van der Waals surface area contributed by atoms with Crippen molar-refractivity contribution in [2.75, 3.05) is 46.8 Å². The number of halogens is 1. The summed E-state index contributed by atoms with van der Waals surface area (Å²) in [5.74, 6) is 1.38. The van der Waals surface area contributed by atoms with Crippen LogP contribution in [0, 0.1) is 5.92 Å². The van der Waals surface area contributed by atoms with Crippen molar-refractivity contribution in [2.24, 2.45) is 10.9 Å². The summed E-state index contributed by atoms with van der Waals surface area (Å²) in [7, 11) is 3.47. The van der Waals surface area contributed by atoms with E-state index in [4.69, 9.17) is 0 Å². The maximum Gasteiger partial charge on any atom is 0.243 e. The maximum absolute atomic E-state index is 12.3. The minimum absolute atomic E-state index is 0. The molecule has 1 aliphatic carbocycles. The first kappa shape index (κ1) is 23.0. The van der Waals surface area contributed by atoms with Crippen LogP contribution < -0.4 is 5.32 Å². The van der Waals surface area contributed by atoms with Crippen LogP contribution in [0.25, 0.3) is 0 Å². The van der Waals surface area contributed by atoms with Gasteiger partial charge in [-0.05, 0) is 25.7 Å². The van der Waals surface area contributed by atoms with Gasteiger partial charge in [0.15, 0.2) is 5.96 Å². The summed E-state index contributed by atoms with van der Waals surface area (Å²) < 4.78 is 0. The lowest BCUT2D eigenvalue weighted by Gasteiger charge is -2.38. The molecular weight excluding hydrogens is 445 g/mol. The first-order valence-corrected chi connectivity index (χ1v) is 9.46. The van der Waals surface area contributed by atoms with Gasteiger partial charge in [-0.25, -0.2) is 4.99 Å². The zero-order valence-electron chi connectivity index (χ0n) is 16.5. The Labute approximate surface area is 174 Å². The van der Waals surface area contributed by atoms with Crippen molar-refractivity contribution in [1.29, 1.82) is 0 Å². The first-order valence-electron chi connectivity index (χ1n) is 9.46. The minimum atomic E-state index is -0.0329. The van der Waals surface area contributed by atoms with E-state index in [1.54, 1.807) is 19.0 Å². The molecule has 0 aromatic rings. The maximum atomic E-state index is 12.3. The van der Waals surface area contributed by atoms with Crippen molar-refractivity contribution in [3.63, 3.8) is 0 Å². The highest BCUT2D eigenvalue weighted by atomic mass is 127. The number of likely N-dealkylation sites (N-methyl/N-ethyl adjacent to an activating group) is 2. The third-order valence-electron chi connectivity index (χ3n) is 5.29. The molecule has 1 N–H and O–H groups in total. The van der Waals surface area contributed by atoms with Crippen molar-refractivity contribution in [2.45, 2.75) is 45.6 Å². The molecule has 7 nitrogen and oxygen atoms in total. The molecule has 0 radical (unpaired) electrons. The van der Waals surface area contributed by atoms with Crippen molar-refractivity contribution >= 4 is 41.8 Å². The van der Waals surface area contributed by atoms with Crippen LogP contribution >= 0.6 is 24.0 Å². The largest absolute Gasteiger partial charge is 0.353 e. The second-order valence-electron chi connectivity index (χ2n) is 7.34. The van der Waals surface area contributed by atoms with E-state index in [9.17, 15) is 9.59 Å². The summed E-state index contributed by atoms with van der Waals surface area (Å²) in [5.41, 5.74) is 0. The molecule has 1 heterocycles. The second kappa shape index (κ2) is 10.9. The zero-order chi connectivity index (χ0) is 18.4. The Morgan fingerprint density at radius 2 is 1.96 bits per heavy atom. The summed E-state index contributed by atoms with van der Waals surface area (Å²) in [4.78, 5) is 34.2. The monoisotopic (exact) mass is 479 g/mol. The number of aliphatic imine (C=N–C) groups is 1. The SMILES string of the molecule is CCN1CCN(C(=NCC(=O)N(C)C)NC2CCCCC2C)CC1=O.I. The van der Waals surface area contributed by atoms with Gasteiger partial charge in [-0.3, -0.25) is 9.59 Å². The molecular formula is C18H34IN5O2. The Hall–Kier alpha value is -1.06. The number of piperazine rings is 1. The van der Waals surface area contributed by atoms with E-state index in [1.807, 2.05) is 16.7 Å². The normalized spacial score (nSPS) is 24.2. The van der Waals surface area contributed by atoms with Gasteiger partial charge in [0.05, 0.1) is 6.54 Å². The highest BCUT2D eigenvalue weighted by Crippen LogP contribution is 2.24. The van der Waals surface area contributed by atoms with Crippen molar-refractivity contribution in [1.82, 2.24) is 20.0 Å². The molecule has 8 heteroatoms. The van der Waals surface area contributed by atoms with Crippen LogP contribution in [-0.4, -0.2) is 85.3 Å². The third kappa shape index (κ3) is 6.28. The Bertz CT molecular complexity index is 512. The smallest absolute Gasteiger partial charge is 0.243 e. The number of guanidine groups is 1. The van der Waals surface area contributed by atoms with Gasteiger partial charge in [0, 0.05) is 39.8 Å². The highest BCUT2D eigenvalue weighted by molar-refractivity contribution is 14.0. The molecule has 2 unspecified atom stereocenters. The summed E-state index contributed by atoms with van der Waals surface area (Å²) in [6.07, 6.45) is 4.82. The van der Waals surface area contributed by atoms with E-state index < -0.39 is 0 Å². The van der Waals surface area contributed by atoms with Crippen LogP contribution in [0.15, 0.2) is 4.99 Å². The summed E-state index contributed by atoms with van der Waals surface area (Å²) >= 11 is 0. The van der Waals surface area contributed by atoms with E-state index in [1.165, 1.54) is 19.3 Å². The number of nitrogens with zero attached hydrogens (tertiary/aromatic N) is 4. The number of rotatable bonds is 4. The zero-order valence-corrected chi connectivity index (χ0v) is 18.9. The lowest BCUT2D eigenvalue weighted by atomic mass is 9.86. The number of carbonyl (C=O) groups is 2. The van der Waals surface area contributed by atoms with Crippen LogP contribution in [0.4, 0.5) is 0 Å². The molecule has 26 heavy (non-hydrogen) atoms. The van der Waals surface area contributed by atoms with Gasteiger partial charge in [-0.2, -0.15) is 0 Å². The van der Waals surface area contributed by atoms with Gasteiger partial charge < -0.3 is 20.0 Å². The fraction of sp³-hybridized carbons (Fsp3) is 0.833. The Kier molecular flexibility index (Phi) is 9.67. The lowest BCUT2D eigenvalue weighted by molar-refractivity contribution is -0.134. The van der Waals surface area contributed by atoms with Gasteiger partial charge in [-0.15, -0.1) is 24.0 Å². The van der Waals surface area contributed by atoms with Crippen LogP contribution in [-0.2, 0) is 9.59 Å². The van der Waals surface area contributed by atoms with Gasteiger partial charge in [0.1, 0.15) is 6.54 Å². The summed E-state index contributed by atoms with van der Waals surface area (Å²) in [6, 6.07) is 0.362. The molecule has 0 aromatic carbocycles. The van der Waals surface area contributed by atoms with Crippen molar-refractivity contribution in [3.05, 3.63) is 0 Å². The van der Waals surface area contributed by atoms with Gasteiger partial charge in [0.25, 0.3) is 0 Å². The molecule has 2 rings (SSSR count). The van der Waals surface area contributed by atoms with E-state index in [0.29, 0.717) is 31.0 Å². The Morgan fingerprint density at radius 1 is 1.27 bits per heavy atom. The van der Waals surface area contributed by atoms with E-state index in [0.717, 1.165) is 19.5 Å². The van der Waals surface area contributed by atoms with Crippen LogP contribution in [0.1, 0.15) is 39.5 Å². The average molecular weight is 479 g/mol. The molecule has 2 aliphatic rings. The molecule has 0 bridgehead atoms. The van der Waals surface area contributed by atoms with Crippen LogP contribution in [0.5, 0.6) is 0 Å². The molecule has 0 aromatic heterocycles. The molecule has 2 atom stereocenters. The summed E-state index contributed by atoms with van der Waals surface area (Å²) in [6.45, 7) is 6.90. The number of hydrogen-bond donors (Lipinski definition) is 1. The predicted molar refractivity (Wildman–Crippen MR) is 115 cm³/mol. The van der Waals surface area contributed by atoms with Gasteiger partial charge >= 0.3 is 0 Å². The van der Waals surface area contributed by atoms with Crippen molar-refractivity contribution < 1.29 is 9.59 Å². The lowest BCUT2D eigenvalue weighted by Crippen LogP contribution is -2.57. The van der Waals surface area contributed by atoms with Crippen LogP contribution in [0.2, 0.25) is 0 Å². The van der Waals surface area contributed by atoms with Crippen molar-refractivity contribution in [3.8, 4) is 0 Å². The molecule has 2 amide bonds. The highest BCUT2D eigenvalue weighted by Gasteiger charge is 2.28. The Balaban J connectivity index is 0.00000338. The van der Waals surface area contributed by atoms with Gasteiger partial charge in [-0.1, -0.05) is 19.8 Å². The van der Waals surface area contributed by atoms with E-state index >= 15 is 0 Å². The minimum Gasteiger partial charge on any atom is -0.353 e. The van der Waals surface area contributed by atoms with Crippen LogP contribution in [0.3, 0.4) is 0 Å². The number of nitrogens with one attached hydrogen (secondary N) is 1.